The van der Waals surface area contributed by atoms with Gasteiger partial charge in [-0.15, -0.1) is 0 Å². The van der Waals surface area contributed by atoms with Gasteiger partial charge in [-0.3, -0.25) is 0 Å². The van der Waals surface area contributed by atoms with Gasteiger partial charge in [-0.25, -0.2) is 19.2 Å². The van der Waals surface area contributed by atoms with Crippen molar-refractivity contribution in [2.45, 2.75) is 0 Å². The zero-order chi connectivity index (χ0) is 19.2. The Morgan fingerprint density at radius 3 is 1.00 bits per heavy atom. The molecule has 0 amide bonds. The molecule has 8 nitrogen and oxygen atoms in total. The summed E-state index contributed by atoms with van der Waals surface area (Å²) in [6.07, 6.45) is 0. The Bertz CT molecular complexity index is 794. The van der Waals surface area contributed by atoms with Crippen LogP contribution in [0.1, 0.15) is 41.4 Å². The number of hydrogen-bond donors (Lipinski definition) is 0. The molecule has 0 aliphatic carbocycles. The average Bonchev–Trinajstić information content (AvgIpc) is 2.70. The lowest BCUT2D eigenvalue weighted by Gasteiger charge is -2.07. The van der Waals surface area contributed by atoms with Crippen LogP contribution < -0.4 is 0 Å². The second-order valence-electron chi connectivity index (χ2n) is 5.41. The van der Waals surface area contributed by atoms with Gasteiger partial charge < -0.3 is 18.9 Å². The number of carbonyl (C=O) groups excluding carboxylic acids is 4. The van der Waals surface area contributed by atoms with Crippen LogP contribution in [0.4, 0.5) is 0 Å². The molecule has 0 radical (unpaired) electrons. The summed E-state index contributed by atoms with van der Waals surface area (Å²) >= 11 is 0. The summed E-state index contributed by atoms with van der Waals surface area (Å²) in [7, 11) is 0. The highest BCUT2D eigenvalue weighted by atomic mass is 16.7. The molecule has 6 rings (SSSR count). The molecule has 27 heavy (non-hydrogen) atoms. The van der Waals surface area contributed by atoms with E-state index >= 15 is 0 Å². The van der Waals surface area contributed by atoms with E-state index in [1.54, 1.807) is 0 Å². The second-order valence-corrected chi connectivity index (χ2v) is 5.41. The lowest BCUT2D eigenvalue weighted by Crippen LogP contribution is -2.14. The molecular formula is C19H14O8. The molecule has 4 aliphatic heterocycles. The molecule has 0 spiro atoms. The maximum atomic E-state index is 11.9. The van der Waals surface area contributed by atoms with Crippen LogP contribution in [0.15, 0.2) is 48.5 Å². The standard InChI is InChI=1S/C19H14O8/c20-16-12-1-5-14(6-2-12)18(22)26-11-27-19(23)15-7-3-13(4-8-15)17(21)25-10-9-24-16/h1-8H,9-11H2. The summed E-state index contributed by atoms with van der Waals surface area (Å²) in [5.74, 6) is -2.67. The normalized spacial score (nSPS) is 15.7. The van der Waals surface area contributed by atoms with Gasteiger partial charge in [0.05, 0.1) is 22.3 Å². The SMILES string of the molecule is O=C1OCCOC(=O)c2ccc(cc2)C(=O)OCOC(=O)c2ccc1cc2. The highest BCUT2D eigenvalue weighted by Gasteiger charge is 2.15. The van der Waals surface area contributed by atoms with Crippen molar-refractivity contribution < 1.29 is 38.1 Å². The predicted octanol–water partition coefficient (Wildman–Crippen LogP) is 1.99. The molecular weight excluding hydrogens is 356 g/mol. The van der Waals surface area contributed by atoms with Crippen molar-refractivity contribution in [3.63, 3.8) is 0 Å². The number of esters is 4. The van der Waals surface area contributed by atoms with Crippen molar-refractivity contribution >= 4 is 23.9 Å². The molecule has 4 bridgehead atoms. The number of hydrogen-bond acceptors (Lipinski definition) is 8. The number of ether oxygens (including phenoxy) is 4. The van der Waals surface area contributed by atoms with Gasteiger partial charge in [0, 0.05) is 0 Å². The first-order valence-electron chi connectivity index (χ1n) is 7.93. The Morgan fingerprint density at radius 2 is 0.704 bits per heavy atom. The van der Waals surface area contributed by atoms with Crippen LogP contribution in [0.25, 0.3) is 0 Å². The van der Waals surface area contributed by atoms with Crippen LogP contribution in [0.5, 0.6) is 0 Å². The Balaban J connectivity index is 1.78. The van der Waals surface area contributed by atoms with Gasteiger partial charge in [-0.1, -0.05) is 0 Å². The summed E-state index contributed by atoms with van der Waals surface area (Å²) in [4.78, 5) is 47.7. The zero-order valence-electron chi connectivity index (χ0n) is 14.0. The van der Waals surface area contributed by atoms with E-state index in [9.17, 15) is 19.2 Å². The largest absolute Gasteiger partial charge is 0.458 e. The topological polar surface area (TPSA) is 105 Å². The van der Waals surface area contributed by atoms with Gasteiger partial charge in [-0.05, 0) is 48.5 Å². The molecule has 0 saturated carbocycles. The minimum absolute atomic E-state index is 0.126. The van der Waals surface area contributed by atoms with Crippen molar-refractivity contribution in [3.8, 4) is 0 Å². The maximum Gasteiger partial charge on any atom is 0.340 e. The summed E-state index contributed by atoms with van der Waals surface area (Å²) in [5, 5.41) is 0. The van der Waals surface area contributed by atoms with Crippen molar-refractivity contribution in [1.29, 1.82) is 0 Å². The quantitative estimate of drug-likeness (QED) is 0.512. The molecule has 0 fully saturated rings. The Hall–Kier alpha value is -3.68. The van der Waals surface area contributed by atoms with Crippen LogP contribution >= 0.6 is 0 Å². The molecule has 0 aromatic heterocycles. The Labute approximate surface area is 153 Å². The summed E-state index contributed by atoms with van der Waals surface area (Å²) in [6, 6.07) is 11.1. The minimum atomic E-state index is -0.713. The fourth-order valence-electron chi connectivity index (χ4n) is 2.22. The molecule has 4 aliphatic rings. The lowest BCUT2D eigenvalue weighted by molar-refractivity contribution is -0.0167. The van der Waals surface area contributed by atoms with Crippen molar-refractivity contribution in [2.75, 3.05) is 20.0 Å². The van der Waals surface area contributed by atoms with Crippen LogP contribution in [-0.4, -0.2) is 43.9 Å². The van der Waals surface area contributed by atoms with Gasteiger partial charge in [0.2, 0.25) is 6.79 Å². The van der Waals surface area contributed by atoms with Crippen molar-refractivity contribution in [1.82, 2.24) is 0 Å². The first-order chi connectivity index (χ1) is 13.0. The van der Waals surface area contributed by atoms with Crippen LogP contribution in [0.2, 0.25) is 0 Å². The third-order valence-corrected chi connectivity index (χ3v) is 3.64. The molecule has 2 aromatic rings. The van der Waals surface area contributed by atoms with E-state index in [0.717, 1.165) is 0 Å². The third-order valence-electron chi connectivity index (χ3n) is 3.64. The fourth-order valence-corrected chi connectivity index (χ4v) is 2.22. The van der Waals surface area contributed by atoms with Gasteiger partial charge in [0.15, 0.2) is 0 Å². The van der Waals surface area contributed by atoms with Crippen molar-refractivity contribution in [3.05, 3.63) is 70.8 Å². The lowest BCUT2D eigenvalue weighted by atomic mass is 10.1. The Morgan fingerprint density at radius 1 is 0.444 bits per heavy atom. The molecule has 2 aromatic carbocycles. The summed E-state index contributed by atoms with van der Waals surface area (Å²) in [5.41, 5.74) is 0.799. The third kappa shape index (κ3) is 4.49. The summed E-state index contributed by atoms with van der Waals surface area (Å²) in [6.45, 7) is -0.831. The maximum absolute atomic E-state index is 11.9. The number of carbonyl (C=O) groups is 4. The molecule has 138 valence electrons. The molecule has 8 heteroatoms. The number of rotatable bonds is 0. The smallest absolute Gasteiger partial charge is 0.340 e. The molecule has 4 heterocycles. The van der Waals surface area contributed by atoms with Gasteiger partial charge in [-0.2, -0.15) is 0 Å². The second kappa shape index (κ2) is 8.13. The van der Waals surface area contributed by atoms with Crippen LogP contribution in [0.3, 0.4) is 0 Å². The van der Waals surface area contributed by atoms with Gasteiger partial charge in [0.1, 0.15) is 13.2 Å². The predicted molar refractivity (Wildman–Crippen MR) is 89.1 cm³/mol. The fraction of sp³-hybridized carbons (Fsp3) is 0.158. The first-order valence-corrected chi connectivity index (χ1v) is 7.93. The van der Waals surface area contributed by atoms with Crippen LogP contribution in [-0.2, 0) is 18.9 Å². The van der Waals surface area contributed by atoms with Crippen LogP contribution in [0, 0.1) is 0 Å². The minimum Gasteiger partial charge on any atom is -0.458 e. The summed E-state index contributed by atoms with van der Waals surface area (Å²) < 4.78 is 19.8. The molecule has 0 saturated heterocycles. The molecule has 0 N–H and O–H groups in total. The van der Waals surface area contributed by atoms with E-state index in [1.165, 1.54) is 48.5 Å². The van der Waals surface area contributed by atoms with Gasteiger partial charge >= 0.3 is 23.9 Å². The monoisotopic (exact) mass is 370 g/mol. The highest BCUT2D eigenvalue weighted by Crippen LogP contribution is 2.10. The van der Waals surface area contributed by atoms with Gasteiger partial charge in [0.25, 0.3) is 0 Å². The average molecular weight is 370 g/mol. The van der Waals surface area contributed by atoms with Crippen molar-refractivity contribution in [2.24, 2.45) is 0 Å². The van der Waals surface area contributed by atoms with E-state index in [4.69, 9.17) is 18.9 Å². The van der Waals surface area contributed by atoms with E-state index in [-0.39, 0.29) is 35.5 Å². The van der Waals surface area contributed by atoms with E-state index in [0.29, 0.717) is 0 Å². The van der Waals surface area contributed by atoms with E-state index in [1.807, 2.05) is 0 Å². The molecule has 0 unspecified atom stereocenters. The van der Waals surface area contributed by atoms with E-state index in [2.05, 4.69) is 0 Å². The highest BCUT2D eigenvalue weighted by molar-refractivity contribution is 5.94. The zero-order valence-corrected chi connectivity index (χ0v) is 14.0. The Kier molecular flexibility index (Phi) is 5.46. The van der Waals surface area contributed by atoms with E-state index < -0.39 is 30.7 Å². The number of benzene rings is 2. The first kappa shape index (κ1) is 18.1. The molecule has 0 atom stereocenters.